The Morgan fingerprint density at radius 1 is 1.00 bits per heavy atom. The van der Waals surface area contributed by atoms with E-state index >= 15 is 0 Å². The average molecular weight is 385 g/mol. The maximum atomic E-state index is 12.9. The van der Waals surface area contributed by atoms with Gasteiger partial charge in [-0.2, -0.15) is 9.61 Å². The van der Waals surface area contributed by atoms with Crippen LogP contribution in [0.1, 0.15) is 16.2 Å². The molecule has 0 saturated carbocycles. The van der Waals surface area contributed by atoms with E-state index in [4.69, 9.17) is 0 Å². The number of hydrogen-bond donors (Lipinski definition) is 1. The Kier molecular flexibility index (Phi) is 3.87. The van der Waals surface area contributed by atoms with Crippen LogP contribution in [0.5, 0.6) is 0 Å². The van der Waals surface area contributed by atoms with E-state index in [0.29, 0.717) is 5.56 Å². The van der Waals surface area contributed by atoms with Gasteiger partial charge >= 0.3 is 0 Å². The number of amides is 1. The smallest absolute Gasteiger partial charge is 0.256 e. The van der Waals surface area contributed by atoms with Gasteiger partial charge in [-0.05, 0) is 35.9 Å². The summed E-state index contributed by atoms with van der Waals surface area (Å²) in [5, 5.41) is 18.5. The SMILES string of the molecule is Cc1nnc2sc(-c3cccc(NC(=O)c4cccc5ccccc45)c3)nn12. The minimum absolute atomic E-state index is 0.136. The third-order valence-corrected chi connectivity index (χ3v) is 5.50. The first kappa shape index (κ1) is 16.6. The molecule has 1 amide bonds. The van der Waals surface area contributed by atoms with Gasteiger partial charge in [0.2, 0.25) is 4.96 Å². The number of nitrogens with zero attached hydrogens (tertiary/aromatic N) is 4. The molecule has 7 heteroatoms. The topological polar surface area (TPSA) is 72.2 Å². The molecule has 0 aliphatic carbocycles. The second-order valence-corrected chi connectivity index (χ2v) is 7.37. The largest absolute Gasteiger partial charge is 0.322 e. The van der Waals surface area contributed by atoms with E-state index in [-0.39, 0.29) is 5.91 Å². The number of carbonyl (C=O) groups is 1. The average Bonchev–Trinajstić information content (AvgIpc) is 3.30. The predicted octanol–water partition coefficient (Wildman–Crippen LogP) is 4.57. The first-order chi connectivity index (χ1) is 13.7. The van der Waals surface area contributed by atoms with Crippen molar-refractivity contribution in [2.75, 3.05) is 5.32 Å². The lowest BCUT2D eigenvalue weighted by Gasteiger charge is -2.09. The molecule has 0 fully saturated rings. The first-order valence-electron chi connectivity index (χ1n) is 8.77. The monoisotopic (exact) mass is 385 g/mol. The molecule has 0 aliphatic rings. The third kappa shape index (κ3) is 2.82. The molecule has 5 aromatic rings. The van der Waals surface area contributed by atoms with Gasteiger partial charge in [-0.3, -0.25) is 4.79 Å². The van der Waals surface area contributed by atoms with Crippen LogP contribution in [-0.4, -0.2) is 25.7 Å². The maximum Gasteiger partial charge on any atom is 0.256 e. The summed E-state index contributed by atoms with van der Waals surface area (Å²) in [6, 6.07) is 21.3. The molecule has 28 heavy (non-hydrogen) atoms. The molecular weight excluding hydrogens is 370 g/mol. The maximum absolute atomic E-state index is 12.9. The van der Waals surface area contributed by atoms with E-state index in [9.17, 15) is 4.79 Å². The van der Waals surface area contributed by atoms with Crippen molar-refractivity contribution in [3.8, 4) is 10.6 Å². The summed E-state index contributed by atoms with van der Waals surface area (Å²) in [5.74, 6) is 0.612. The van der Waals surface area contributed by atoms with Gasteiger partial charge in [-0.15, -0.1) is 10.2 Å². The van der Waals surface area contributed by atoms with E-state index in [2.05, 4.69) is 20.6 Å². The van der Waals surface area contributed by atoms with Crippen LogP contribution in [0.3, 0.4) is 0 Å². The quantitative estimate of drug-likeness (QED) is 0.494. The van der Waals surface area contributed by atoms with Gasteiger partial charge in [0.05, 0.1) is 0 Å². The normalized spacial score (nSPS) is 11.2. The molecule has 0 aliphatic heterocycles. The summed E-state index contributed by atoms with van der Waals surface area (Å²) >= 11 is 1.46. The molecule has 0 spiro atoms. The number of hydrogen-bond acceptors (Lipinski definition) is 5. The molecule has 0 unspecified atom stereocenters. The van der Waals surface area contributed by atoms with Crippen LogP contribution in [-0.2, 0) is 0 Å². The number of aryl methyl sites for hydroxylation is 1. The van der Waals surface area contributed by atoms with Crippen molar-refractivity contribution in [1.29, 1.82) is 0 Å². The Morgan fingerprint density at radius 2 is 1.82 bits per heavy atom. The number of carbonyl (C=O) groups excluding carboxylic acids is 1. The third-order valence-electron chi connectivity index (χ3n) is 4.55. The van der Waals surface area contributed by atoms with Gasteiger partial charge < -0.3 is 5.32 Å². The van der Waals surface area contributed by atoms with Gasteiger partial charge in [0.25, 0.3) is 5.91 Å². The fraction of sp³-hybridized carbons (Fsp3) is 0.0476. The molecule has 2 heterocycles. The Balaban J connectivity index is 1.47. The summed E-state index contributed by atoms with van der Waals surface area (Å²) in [6.45, 7) is 1.87. The van der Waals surface area contributed by atoms with Crippen molar-refractivity contribution in [3.05, 3.63) is 78.1 Å². The van der Waals surface area contributed by atoms with Crippen molar-refractivity contribution < 1.29 is 4.79 Å². The number of rotatable bonds is 3. The Bertz CT molecular complexity index is 1330. The Hall–Kier alpha value is -3.58. The van der Waals surface area contributed by atoms with Crippen LogP contribution in [0.2, 0.25) is 0 Å². The summed E-state index contributed by atoms with van der Waals surface area (Å²) in [5.41, 5.74) is 2.29. The molecule has 3 aromatic carbocycles. The number of nitrogens with one attached hydrogen (secondary N) is 1. The fourth-order valence-electron chi connectivity index (χ4n) is 3.18. The number of anilines is 1. The minimum atomic E-state index is -0.136. The van der Waals surface area contributed by atoms with Crippen LogP contribution in [0.15, 0.2) is 66.7 Å². The van der Waals surface area contributed by atoms with Crippen LogP contribution in [0, 0.1) is 6.92 Å². The highest BCUT2D eigenvalue weighted by atomic mass is 32.1. The first-order valence-corrected chi connectivity index (χ1v) is 9.59. The van der Waals surface area contributed by atoms with Gasteiger partial charge in [0, 0.05) is 16.8 Å². The lowest BCUT2D eigenvalue weighted by molar-refractivity contribution is 0.102. The molecule has 1 N–H and O–H groups in total. The molecule has 0 saturated heterocycles. The van der Waals surface area contributed by atoms with Crippen molar-refractivity contribution in [1.82, 2.24) is 19.8 Å². The van der Waals surface area contributed by atoms with Gasteiger partial charge in [-0.25, -0.2) is 0 Å². The summed E-state index contributed by atoms with van der Waals surface area (Å²) < 4.78 is 1.72. The highest BCUT2D eigenvalue weighted by molar-refractivity contribution is 7.19. The van der Waals surface area contributed by atoms with E-state index in [1.165, 1.54) is 11.3 Å². The lowest BCUT2D eigenvalue weighted by atomic mass is 10.0. The molecule has 0 radical (unpaired) electrons. The van der Waals surface area contributed by atoms with Crippen LogP contribution in [0.25, 0.3) is 26.3 Å². The molecule has 0 bridgehead atoms. The molecule has 2 aromatic heterocycles. The summed E-state index contributed by atoms with van der Waals surface area (Å²) in [4.78, 5) is 13.6. The predicted molar refractivity (Wildman–Crippen MR) is 111 cm³/mol. The number of fused-ring (bicyclic) bond motifs is 2. The van der Waals surface area contributed by atoms with E-state index in [0.717, 1.165) is 37.8 Å². The molecule has 6 nitrogen and oxygen atoms in total. The second kappa shape index (κ2) is 6.54. The summed E-state index contributed by atoms with van der Waals surface area (Å²) in [7, 11) is 0. The van der Waals surface area contributed by atoms with Gasteiger partial charge in [0.1, 0.15) is 5.01 Å². The van der Waals surface area contributed by atoms with Crippen molar-refractivity contribution in [2.45, 2.75) is 6.92 Å². The van der Waals surface area contributed by atoms with Crippen LogP contribution < -0.4 is 5.32 Å². The standard InChI is InChI=1S/C21H15N5OS/c1-13-23-24-21-26(13)25-20(28-21)15-8-4-9-16(12-15)22-19(27)18-11-5-7-14-6-2-3-10-17(14)18/h2-12H,1H3,(H,22,27). The van der Waals surface area contributed by atoms with Crippen molar-refractivity contribution in [2.24, 2.45) is 0 Å². The zero-order valence-corrected chi connectivity index (χ0v) is 15.8. The van der Waals surface area contributed by atoms with Crippen molar-refractivity contribution in [3.63, 3.8) is 0 Å². The minimum Gasteiger partial charge on any atom is -0.322 e. The Morgan fingerprint density at radius 3 is 2.71 bits per heavy atom. The molecular formula is C21H15N5OS. The zero-order chi connectivity index (χ0) is 19.1. The number of aromatic nitrogens is 4. The van der Waals surface area contributed by atoms with E-state index in [1.807, 2.05) is 73.7 Å². The fourth-order valence-corrected chi connectivity index (χ4v) is 4.06. The van der Waals surface area contributed by atoms with E-state index in [1.54, 1.807) is 4.52 Å². The summed E-state index contributed by atoms with van der Waals surface area (Å²) in [6.07, 6.45) is 0. The zero-order valence-electron chi connectivity index (χ0n) is 15.0. The Labute approximate surface area is 164 Å². The molecule has 0 atom stereocenters. The van der Waals surface area contributed by atoms with E-state index < -0.39 is 0 Å². The van der Waals surface area contributed by atoms with Gasteiger partial charge in [-0.1, -0.05) is 59.9 Å². The molecule has 5 rings (SSSR count). The highest BCUT2D eigenvalue weighted by Crippen LogP contribution is 2.28. The second-order valence-electron chi connectivity index (χ2n) is 6.41. The van der Waals surface area contributed by atoms with Crippen LogP contribution in [0.4, 0.5) is 5.69 Å². The van der Waals surface area contributed by atoms with Crippen molar-refractivity contribution >= 4 is 38.7 Å². The molecule has 136 valence electrons. The lowest BCUT2D eigenvalue weighted by Crippen LogP contribution is -2.12. The van der Waals surface area contributed by atoms with Gasteiger partial charge in [0.15, 0.2) is 5.82 Å². The highest BCUT2D eigenvalue weighted by Gasteiger charge is 2.13. The number of benzene rings is 3. The van der Waals surface area contributed by atoms with Crippen LogP contribution >= 0.6 is 11.3 Å².